The maximum absolute atomic E-state index is 13.3. The predicted octanol–water partition coefficient (Wildman–Crippen LogP) is 6.82. The molecular formula is C32H33NO4. The van der Waals surface area contributed by atoms with E-state index in [1.165, 1.54) is 18.9 Å². The van der Waals surface area contributed by atoms with Crippen molar-refractivity contribution in [2.45, 2.75) is 45.2 Å². The third kappa shape index (κ3) is 6.56. The van der Waals surface area contributed by atoms with Crippen molar-refractivity contribution in [3.8, 4) is 5.75 Å². The first kappa shape index (κ1) is 26.0. The molecular weight excluding hydrogens is 462 g/mol. The summed E-state index contributed by atoms with van der Waals surface area (Å²) in [5.41, 5.74) is 2.59. The van der Waals surface area contributed by atoms with Crippen LogP contribution < -0.4 is 4.74 Å². The fourth-order valence-electron chi connectivity index (χ4n) is 4.49. The number of ether oxygens (including phenoxy) is 1. The van der Waals surface area contributed by atoms with Crippen LogP contribution >= 0.6 is 0 Å². The number of ketones is 1. The third-order valence-corrected chi connectivity index (χ3v) is 6.45. The minimum absolute atomic E-state index is 0.0846. The molecule has 1 aliphatic heterocycles. The van der Waals surface area contributed by atoms with Gasteiger partial charge in [-0.1, -0.05) is 105 Å². The Labute approximate surface area is 218 Å². The molecule has 0 saturated heterocycles. The first-order valence-corrected chi connectivity index (χ1v) is 12.9. The molecule has 0 saturated carbocycles. The van der Waals surface area contributed by atoms with Crippen molar-refractivity contribution in [2.75, 3.05) is 6.61 Å². The van der Waals surface area contributed by atoms with Crippen LogP contribution in [-0.4, -0.2) is 28.3 Å². The molecule has 3 aromatic rings. The Hall–Kier alpha value is -4.12. The summed E-state index contributed by atoms with van der Waals surface area (Å²) in [6, 6.07) is 25.7. The van der Waals surface area contributed by atoms with Gasteiger partial charge in [0.15, 0.2) is 11.5 Å². The molecule has 0 spiro atoms. The Morgan fingerprint density at radius 3 is 2.27 bits per heavy atom. The average Bonchev–Trinajstić information content (AvgIpc) is 3.18. The van der Waals surface area contributed by atoms with E-state index in [-0.39, 0.29) is 12.1 Å². The summed E-state index contributed by atoms with van der Waals surface area (Å²) in [5.74, 6) is -0.711. The highest BCUT2D eigenvalue weighted by molar-refractivity contribution is 6.14. The molecule has 37 heavy (non-hydrogen) atoms. The topological polar surface area (TPSA) is 66.8 Å². The van der Waals surface area contributed by atoms with Crippen LogP contribution in [0, 0.1) is 0 Å². The second-order valence-corrected chi connectivity index (χ2v) is 9.17. The number of aliphatic hydroxyl groups is 1. The number of hydrogen-bond donors (Lipinski definition) is 1. The van der Waals surface area contributed by atoms with Gasteiger partial charge in [-0.05, 0) is 41.3 Å². The van der Waals surface area contributed by atoms with Gasteiger partial charge < -0.3 is 14.7 Å². The molecule has 0 aliphatic carbocycles. The van der Waals surface area contributed by atoms with Gasteiger partial charge in [-0.2, -0.15) is 0 Å². The lowest BCUT2D eigenvalue weighted by molar-refractivity contribution is -0.130. The first-order chi connectivity index (χ1) is 18.1. The molecule has 1 N–H and O–H groups in total. The molecule has 1 unspecified atom stereocenters. The van der Waals surface area contributed by atoms with E-state index in [4.69, 9.17) is 4.74 Å². The van der Waals surface area contributed by atoms with E-state index in [9.17, 15) is 14.7 Å². The fourth-order valence-corrected chi connectivity index (χ4v) is 4.49. The van der Waals surface area contributed by atoms with Crippen molar-refractivity contribution in [3.05, 3.63) is 119 Å². The lowest BCUT2D eigenvalue weighted by Crippen LogP contribution is -2.30. The number of aliphatic hydroxyl groups excluding tert-OH is 1. The van der Waals surface area contributed by atoms with Gasteiger partial charge >= 0.3 is 0 Å². The van der Waals surface area contributed by atoms with Crippen LogP contribution in [0.1, 0.15) is 55.3 Å². The summed E-state index contributed by atoms with van der Waals surface area (Å²) in [7, 11) is 0. The van der Waals surface area contributed by atoms with Crippen LogP contribution in [0.5, 0.6) is 5.75 Å². The molecule has 3 aromatic carbocycles. The highest BCUT2D eigenvalue weighted by Crippen LogP contribution is 2.39. The van der Waals surface area contributed by atoms with Gasteiger partial charge in [0.05, 0.1) is 18.2 Å². The van der Waals surface area contributed by atoms with E-state index >= 15 is 0 Å². The van der Waals surface area contributed by atoms with Gasteiger partial charge in [-0.3, -0.25) is 9.59 Å². The zero-order valence-corrected chi connectivity index (χ0v) is 21.2. The summed E-state index contributed by atoms with van der Waals surface area (Å²) < 4.78 is 5.88. The molecule has 190 valence electrons. The number of rotatable bonds is 12. The SMILES string of the molecule is CCCCCCOc1ccc(C2C(C(=O)C=Cc3ccccc3)=C(O)C(=O)N2Cc2ccccc2)cc1. The Balaban J connectivity index is 1.60. The van der Waals surface area contributed by atoms with Gasteiger partial charge in [-0.25, -0.2) is 0 Å². The van der Waals surface area contributed by atoms with Crippen LogP contribution in [0.15, 0.2) is 102 Å². The number of nitrogens with zero attached hydrogens (tertiary/aromatic N) is 1. The molecule has 0 aromatic heterocycles. The number of hydrogen-bond acceptors (Lipinski definition) is 4. The fraction of sp³-hybridized carbons (Fsp3) is 0.250. The first-order valence-electron chi connectivity index (χ1n) is 12.9. The van der Waals surface area contributed by atoms with E-state index in [0.29, 0.717) is 6.61 Å². The van der Waals surface area contributed by atoms with Crippen LogP contribution in [0.25, 0.3) is 6.08 Å². The Bertz CT molecular complexity index is 1250. The predicted molar refractivity (Wildman–Crippen MR) is 146 cm³/mol. The molecule has 5 nitrogen and oxygen atoms in total. The van der Waals surface area contributed by atoms with Gasteiger partial charge in [0.25, 0.3) is 5.91 Å². The highest BCUT2D eigenvalue weighted by atomic mass is 16.5. The maximum Gasteiger partial charge on any atom is 0.290 e. The summed E-state index contributed by atoms with van der Waals surface area (Å²) >= 11 is 0. The average molecular weight is 496 g/mol. The van der Waals surface area contributed by atoms with E-state index in [0.717, 1.165) is 35.3 Å². The van der Waals surface area contributed by atoms with Gasteiger partial charge in [0.1, 0.15) is 5.75 Å². The molecule has 1 amide bonds. The van der Waals surface area contributed by atoms with Gasteiger partial charge in [0.2, 0.25) is 0 Å². The number of allylic oxidation sites excluding steroid dienone is 1. The summed E-state index contributed by atoms with van der Waals surface area (Å²) in [6.45, 7) is 3.09. The zero-order chi connectivity index (χ0) is 26.0. The lowest BCUT2D eigenvalue weighted by atomic mass is 9.95. The van der Waals surface area contributed by atoms with Crippen molar-refractivity contribution in [3.63, 3.8) is 0 Å². The minimum Gasteiger partial charge on any atom is -0.503 e. The Kier molecular flexibility index (Phi) is 8.93. The zero-order valence-electron chi connectivity index (χ0n) is 21.2. The summed E-state index contributed by atoms with van der Waals surface area (Å²) in [6.07, 6.45) is 7.62. The van der Waals surface area contributed by atoms with Gasteiger partial charge in [-0.15, -0.1) is 0 Å². The largest absolute Gasteiger partial charge is 0.503 e. The number of amides is 1. The lowest BCUT2D eigenvalue weighted by Gasteiger charge is -2.27. The molecule has 1 aliphatic rings. The molecule has 0 radical (unpaired) electrons. The van der Waals surface area contributed by atoms with E-state index in [2.05, 4.69) is 6.92 Å². The van der Waals surface area contributed by atoms with Crippen LogP contribution in [0.4, 0.5) is 0 Å². The van der Waals surface area contributed by atoms with E-state index in [1.54, 1.807) is 11.0 Å². The molecule has 0 bridgehead atoms. The number of carbonyl (C=O) groups excluding carboxylic acids is 2. The molecule has 5 heteroatoms. The van der Waals surface area contributed by atoms with E-state index in [1.807, 2.05) is 84.9 Å². The summed E-state index contributed by atoms with van der Waals surface area (Å²) in [5, 5.41) is 10.9. The Morgan fingerprint density at radius 1 is 0.919 bits per heavy atom. The van der Waals surface area contributed by atoms with Crippen molar-refractivity contribution < 1.29 is 19.4 Å². The van der Waals surface area contributed by atoms with Crippen LogP contribution in [0.3, 0.4) is 0 Å². The number of benzene rings is 3. The number of carbonyl (C=O) groups is 2. The standard InChI is InChI=1S/C32H33NO4/c1-2-3-4-11-22-37-27-19-17-26(18-20-27)30-29(28(34)21-16-24-12-7-5-8-13-24)31(35)32(36)33(30)23-25-14-9-6-10-15-25/h5-10,12-21,30,35H,2-4,11,22-23H2,1H3. The van der Waals surface area contributed by atoms with Crippen LogP contribution in [0.2, 0.25) is 0 Å². The number of unbranched alkanes of at least 4 members (excludes halogenated alkanes) is 3. The van der Waals surface area contributed by atoms with Crippen molar-refractivity contribution in [2.24, 2.45) is 0 Å². The molecule has 4 rings (SSSR count). The third-order valence-electron chi connectivity index (χ3n) is 6.45. The smallest absolute Gasteiger partial charge is 0.290 e. The van der Waals surface area contributed by atoms with Crippen molar-refractivity contribution in [1.82, 2.24) is 4.90 Å². The van der Waals surface area contributed by atoms with E-state index < -0.39 is 23.5 Å². The maximum atomic E-state index is 13.3. The second kappa shape index (κ2) is 12.7. The molecule has 0 fully saturated rings. The molecule has 1 atom stereocenters. The minimum atomic E-state index is -0.709. The highest BCUT2D eigenvalue weighted by Gasteiger charge is 2.42. The van der Waals surface area contributed by atoms with Crippen molar-refractivity contribution >= 4 is 17.8 Å². The normalized spacial score (nSPS) is 15.5. The van der Waals surface area contributed by atoms with Crippen LogP contribution in [-0.2, 0) is 16.1 Å². The Morgan fingerprint density at radius 2 is 1.59 bits per heavy atom. The molecule has 1 heterocycles. The summed E-state index contributed by atoms with van der Waals surface area (Å²) in [4.78, 5) is 28.1. The van der Waals surface area contributed by atoms with Crippen molar-refractivity contribution in [1.29, 1.82) is 0 Å². The second-order valence-electron chi connectivity index (χ2n) is 9.17. The van der Waals surface area contributed by atoms with Gasteiger partial charge in [0, 0.05) is 6.54 Å². The quantitative estimate of drug-likeness (QED) is 0.221. The monoisotopic (exact) mass is 495 g/mol.